The topological polar surface area (TPSA) is 33.4 Å². The van der Waals surface area contributed by atoms with Crippen molar-refractivity contribution in [3.63, 3.8) is 0 Å². The minimum absolute atomic E-state index is 0.489. The second-order valence-electron chi connectivity index (χ2n) is 3.80. The number of unbranched alkanes of at least 4 members (excludes halogenated alkanes) is 1. The molecule has 0 amide bonds. The molecule has 82 valence electrons. The molecule has 2 nitrogen and oxygen atoms in total. The zero-order chi connectivity index (χ0) is 11.4. The lowest BCUT2D eigenvalue weighted by molar-refractivity contribution is 0.165. The summed E-state index contributed by atoms with van der Waals surface area (Å²) in [6.07, 6.45) is 8.52. The van der Waals surface area contributed by atoms with Gasteiger partial charge in [0.1, 0.15) is 5.58 Å². The summed E-state index contributed by atoms with van der Waals surface area (Å²) in [6.45, 7) is 0. The van der Waals surface area contributed by atoms with E-state index < -0.39 is 6.10 Å². The number of rotatable bonds is 4. The van der Waals surface area contributed by atoms with Gasteiger partial charge in [-0.1, -0.05) is 18.2 Å². The number of hydrogen-bond acceptors (Lipinski definition) is 2. The van der Waals surface area contributed by atoms with Gasteiger partial charge in [0.15, 0.2) is 0 Å². The maximum Gasteiger partial charge on any atom is 0.134 e. The minimum atomic E-state index is -0.489. The molecule has 2 aromatic rings. The maximum atomic E-state index is 10.0. The number of fused-ring (bicyclic) bond motifs is 1. The Morgan fingerprint density at radius 1 is 1.38 bits per heavy atom. The molecule has 1 unspecified atom stereocenters. The number of furan rings is 1. The molecule has 0 saturated heterocycles. The lowest BCUT2D eigenvalue weighted by Crippen LogP contribution is -1.95. The zero-order valence-electron chi connectivity index (χ0n) is 9.02. The largest absolute Gasteiger partial charge is 0.464 e. The molecule has 0 bridgehead atoms. The third-order valence-corrected chi connectivity index (χ3v) is 2.67. The Morgan fingerprint density at radius 3 is 3.00 bits per heavy atom. The monoisotopic (exact) mass is 214 g/mol. The van der Waals surface area contributed by atoms with Crippen molar-refractivity contribution in [3.8, 4) is 12.3 Å². The van der Waals surface area contributed by atoms with Crippen LogP contribution in [0.3, 0.4) is 0 Å². The molecule has 0 aliphatic heterocycles. The van der Waals surface area contributed by atoms with Crippen molar-refractivity contribution in [2.24, 2.45) is 0 Å². The van der Waals surface area contributed by atoms with E-state index in [1.54, 1.807) is 6.26 Å². The molecule has 2 heteroatoms. The van der Waals surface area contributed by atoms with E-state index in [0.29, 0.717) is 12.8 Å². The fourth-order valence-corrected chi connectivity index (χ4v) is 1.81. The van der Waals surface area contributed by atoms with Gasteiger partial charge in [-0.15, -0.1) is 12.3 Å². The summed E-state index contributed by atoms with van der Waals surface area (Å²) in [6, 6.07) is 7.71. The second-order valence-corrected chi connectivity index (χ2v) is 3.80. The third kappa shape index (κ3) is 2.10. The van der Waals surface area contributed by atoms with Gasteiger partial charge in [0, 0.05) is 17.4 Å². The summed E-state index contributed by atoms with van der Waals surface area (Å²) in [5.41, 5.74) is 1.67. The van der Waals surface area contributed by atoms with Crippen LogP contribution in [0.1, 0.15) is 30.9 Å². The van der Waals surface area contributed by atoms with Crippen LogP contribution in [0.25, 0.3) is 11.0 Å². The molecule has 16 heavy (non-hydrogen) atoms. The van der Waals surface area contributed by atoms with Gasteiger partial charge in [0.05, 0.1) is 12.4 Å². The predicted molar refractivity (Wildman–Crippen MR) is 63.9 cm³/mol. The van der Waals surface area contributed by atoms with E-state index in [1.807, 2.05) is 24.3 Å². The average Bonchev–Trinajstić information content (AvgIpc) is 2.73. The van der Waals surface area contributed by atoms with Crippen LogP contribution in [-0.2, 0) is 0 Å². The lowest BCUT2D eigenvalue weighted by Gasteiger charge is -2.07. The fourth-order valence-electron chi connectivity index (χ4n) is 1.81. The molecule has 1 aromatic heterocycles. The van der Waals surface area contributed by atoms with E-state index >= 15 is 0 Å². The number of benzene rings is 1. The van der Waals surface area contributed by atoms with E-state index in [-0.39, 0.29) is 0 Å². The molecule has 0 saturated carbocycles. The Bertz CT molecular complexity index is 505. The van der Waals surface area contributed by atoms with Gasteiger partial charge in [-0.25, -0.2) is 0 Å². The Labute approximate surface area is 94.9 Å². The lowest BCUT2D eigenvalue weighted by atomic mass is 10.0. The van der Waals surface area contributed by atoms with Gasteiger partial charge in [0.25, 0.3) is 0 Å². The Balaban J connectivity index is 2.17. The predicted octanol–water partition coefficient (Wildman–Crippen LogP) is 3.27. The van der Waals surface area contributed by atoms with E-state index in [2.05, 4.69) is 5.92 Å². The number of para-hydroxylation sites is 1. The van der Waals surface area contributed by atoms with Crippen molar-refractivity contribution < 1.29 is 9.52 Å². The molecule has 0 spiro atoms. The van der Waals surface area contributed by atoms with Crippen LogP contribution in [0, 0.1) is 12.3 Å². The normalized spacial score (nSPS) is 12.5. The molecule has 1 atom stereocenters. The molecular formula is C14H14O2. The zero-order valence-corrected chi connectivity index (χ0v) is 9.02. The molecule has 0 aliphatic rings. The van der Waals surface area contributed by atoms with E-state index in [9.17, 15) is 5.11 Å². The molecule has 1 aromatic carbocycles. The average molecular weight is 214 g/mol. The van der Waals surface area contributed by atoms with Crippen LogP contribution in [-0.4, -0.2) is 5.11 Å². The second kappa shape index (κ2) is 4.87. The van der Waals surface area contributed by atoms with Gasteiger partial charge < -0.3 is 9.52 Å². The highest BCUT2D eigenvalue weighted by atomic mass is 16.3. The Kier molecular flexibility index (Phi) is 3.28. The summed E-state index contributed by atoms with van der Waals surface area (Å²) < 4.78 is 5.38. The van der Waals surface area contributed by atoms with Gasteiger partial charge >= 0.3 is 0 Å². The van der Waals surface area contributed by atoms with E-state index in [1.165, 1.54) is 0 Å². The molecule has 0 fully saturated rings. The maximum absolute atomic E-state index is 10.0. The van der Waals surface area contributed by atoms with Crippen LogP contribution in [0.15, 0.2) is 34.9 Å². The molecular weight excluding hydrogens is 200 g/mol. The first-order chi connectivity index (χ1) is 7.83. The Hall–Kier alpha value is -1.72. The highest BCUT2D eigenvalue weighted by molar-refractivity contribution is 5.81. The van der Waals surface area contributed by atoms with Crippen LogP contribution in [0.2, 0.25) is 0 Å². The van der Waals surface area contributed by atoms with Crippen molar-refractivity contribution in [2.45, 2.75) is 25.4 Å². The van der Waals surface area contributed by atoms with Crippen molar-refractivity contribution in [2.75, 3.05) is 0 Å². The van der Waals surface area contributed by atoms with Crippen LogP contribution < -0.4 is 0 Å². The number of aliphatic hydroxyl groups excluding tert-OH is 1. The highest BCUT2D eigenvalue weighted by Gasteiger charge is 2.13. The number of terminal acetylenes is 1. The van der Waals surface area contributed by atoms with E-state index in [0.717, 1.165) is 23.0 Å². The van der Waals surface area contributed by atoms with Crippen molar-refractivity contribution >= 4 is 11.0 Å². The van der Waals surface area contributed by atoms with Crippen molar-refractivity contribution in [1.82, 2.24) is 0 Å². The molecule has 0 aliphatic carbocycles. The Morgan fingerprint density at radius 2 is 2.19 bits per heavy atom. The van der Waals surface area contributed by atoms with Gasteiger partial charge in [-0.05, 0) is 18.9 Å². The van der Waals surface area contributed by atoms with Crippen LogP contribution in [0.5, 0.6) is 0 Å². The first-order valence-corrected chi connectivity index (χ1v) is 5.40. The smallest absolute Gasteiger partial charge is 0.134 e. The van der Waals surface area contributed by atoms with Gasteiger partial charge in [-0.2, -0.15) is 0 Å². The summed E-state index contributed by atoms with van der Waals surface area (Å²) in [4.78, 5) is 0. The number of aliphatic hydroxyl groups is 1. The van der Waals surface area contributed by atoms with Crippen molar-refractivity contribution in [3.05, 3.63) is 36.1 Å². The SMILES string of the molecule is C#CCCCC(O)c1coc2ccccc12. The first kappa shape index (κ1) is 10.8. The summed E-state index contributed by atoms with van der Waals surface area (Å²) >= 11 is 0. The summed E-state index contributed by atoms with van der Waals surface area (Å²) in [5.74, 6) is 2.57. The van der Waals surface area contributed by atoms with Crippen molar-refractivity contribution in [1.29, 1.82) is 0 Å². The standard InChI is InChI=1S/C14H14O2/c1-2-3-4-8-13(15)12-10-16-14-9-6-5-7-11(12)14/h1,5-7,9-10,13,15H,3-4,8H2. The molecule has 1 N–H and O–H groups in total. The quantitative estimate of drug-likeness (QED) is 0.626. The van der Waals surface area contributed by atoms with Gasteiger partial charge in [0.2, 0.25) is 0 Å². The third-order valence-electron chi connectivity index (χ3n) is 2.67. The van der Waals surface area contributed by atoms with Gasteiger partial charge in [-0.3, -0.25) is 0 Å². The van der Waals surface area contributed by atoms with Crippen LogP contribution >= 0.6 is 0 Å². The molecule has 0 radical (unpaired) electrons. The van der Waals surface area contributed by atoms with Crippen LogP contribution in [0.4, 0.5) is 0 Å². The fraction of sp³-hybridized carbons (Fsp3) is 0.286. The molecule has 1 heterocycles. The first-order valence-electron chi connectivity index (χ1n) is 5.40. The number of hydrogen-bond donors (Lipinski definition) is 1. The summed E-state index contributed by atoms with van der Waals surface area (Å²) in [5, 5.41) is 11.0. The minimum Gasteiger partial charge on any atom is -0.464 e. The highest BCUT2D eigenvalue weighted by Crippen LogP contribution is 2.28. The van der Waals surface area contributed by atoms with E-state index in [4.69, 9.17) is 10.8 Å². The molecule has 2 rings (SSSR count). The summed E-state index contributed by atoms with van der Waals surface area (Å²) in [7, 11) is 0.